The lowest BCUT2D eigenvalue weighted by molar-refractivity contribution is -0.136. The highest BCUT2D eigenvalue weighted by atomic mass is 32.2. The highest BCUT2D eigenvalue weighted by Gasteiger charge is 2.44. The summed E-state index contributed by atoms with van der Waals surface area (Å²) in [4.78, 5) is 14.3. The first-order valence-corrected chi connectivity index (χ1v) is 10.4. The molecule has 2 fully saturated rings. The monoisotopic (exact) mass is 368 g/mol. The fourth-order valence-corrected chi connectivity index (χ4v) is 5.60. The number of nitrogens with one attached hydrogen (secondary N) is 1. The predicted octanol–water partition coefficient (Wildman–Crippen LogP) is 2.67. The molecule has 1 aromatic rings. The maximum atomic E-state index is 13.8. The van der Waals surface area contributed by atoms with E-state index in [0.717, 1.165) is 31.7 Å². The molecule has 1 N–H and O–H groups in total. The highest BCUT2D eigenvalue weighted by molar-refractivity contribution is 7.89. The first-order chi connectivity index (χ1) is 11.8. The summed E-state index contributed by atoms with van der Waals surface area (Å²) in [5.74, 6) is -0.526. The number of carbonyl (C=O) groups is 1. The molecule has 1 amide bonds. The van der Waals surface area contributed by atoms with Crippen LogP contribution in [0.25, 0.3) is 0 Å². The number of amides is 1. The van der Waals surface area contributed by atoms with Crippen LogP contribution in [0.15, 0.2) is 29.2 Å². The molecule has 0 radical (unpaired) electrons. The number of rotatable bonds is 4. The molecule has 1 aromatic carbocycles. The van der Waals surface area contributed by atoms with Crippen LogP contribution in [0.2, 0.25) is 0 Å². The number of hydrogen-bond donors (Lipinski definition) is 1. The van der Waals surface area contributed by atoms with Crippen molar-refractivity contribution >= 4 is 15.9 Å². The quantitative estimate of drug-likeness (QED) is 0.888. The van der Waals surface area contributed by atoms with Gasteiger partial charge in [0.25, 0.3) is 0 Å². The van der Waals surface area contributed by atoms with Gasteiger partial charge in [-0.05, 0) is 51.2 Å². The van der Waals surface area contributed by atoms with E-state index in [1.807, 2.05) is 11.8 Å². The van der Waals surface area contributed by atoms with E-state index in [9.17, 15) is 17.6 Å². The van der Waals surface area contributed by atoms with Crippen LogP contribution in [0.4, 0.5) is 4.39 Å². The number of likely N-dealkylation sites (tertiary alicyclic amines) is 1. The van der Waals surface area contributed by atoms with E-state index in [0.29, 0.717) is 5.92 Å². The van der Waals surface area contributed by atoms with E-state index in [1.165, 1.54) is 31.5 Å². The Morgan fingerprint density at radius 1 is 1.28 bits per heavy atom. The van der Waals surface area contributed by atoms with Gasteiger partial charge in [0.2, 0.25) is 15.9 Å². The van der Waals surface area contributed by atoms with Crippen LogP contribution >= 0.6 is 0 Å². The van der Waals surface area contributed by atoms with E-state index in [2.05, 4.69) is 4.72 Å². The molecule has 0 bridgehead atoms. The Morgan fingerprint density at radius 2 is 1.96 bits per heavy atom. The molecule has 1 aliphatic heterocycles. The zero-order valence-electron chi connectivity index (χ0n) is 14.6. The Balaban J connectivity index is 1.75. The SMILES string of the molecule is C[C@H](NS(=O)(=O)c1ccccc1F)C(=O)N1[C@H](C)C[C@H]2CCCC[C@@H]21. The molecule has 5 nitrogen and oxygen atoms in total. The maximum absolute atomic E-state index is 13.8. The minimum absolute atomic E-state index is 0.112. The van der Waals surface area contributed by atoms with Gasteiger partial charge in [-0.3, -0.25) is 4.79 Å². The van der Waals surface area contributed by atoms with Crippen LogP contribution in [0.5, 0.6) is 0 Å². The fraction of sp³-hybridized carbons (Fsp3) is 0.611. The Hall–Kier alpha value is -1.47. The van der Waals surface area contributed by atoms with Crippen molar-refractivity contribution in [3.8, 4) is 0 Å². The number of carbonyl (C=O) groups excluding carboxylic acids is 1. The van der Waals surface area contributed by atoms with Crippen molar-refractivity contribution in [1.29, 1.82) is 0 Å². The standard InChI is InChI=1S/C18H25FN2O3S/c1-12-11-14-7-3-5-9-16(14)21(12)18(22)13(2)20-25(23,24)17-10-6-4-8-15(17)19/h4,6,8,10,12-14,16,20H,3,5,7,9,11H2,1-2H3/t12-,13+,14-,16+/m1/s1. The van der Waals surface area contributed by atoms with Gasteiger partial charge in [-0.25, -0.2) is 12.8 Å². The summed E-state index contributed by atoms with van der Waals surface area (Å²) >= 11 is 0. The molecule has 0 aromatic heterocycles. The highest BCUT2D eigenvalue weighted by Crippen LogP contribution is 2.39. The summed E-state index contributed by atoms with van der Waals surface area (Å²) in [6, 6.07) is 4.57. The summed E-state index contributed by atoms with van der Waals surface area (Å²) in [5.41, 5.74) is 0. The zero-order valence-corrected chi connectivity index (χ0v) is 15.4. The van der Waals surface area contributed by atoms with Crippen molar-refractivity contribution in [2.24, 2.45) is 5.92 Å². The lowest BCUT2D eigenvalue weighted by Crippen LogP contribution is -2.51. The molecular formula is C18H25FN2O3S. The van der Waals surface area contributed by atoms with Crippen molar-refractivity contribution in [1.82, 2.24) is 9.62 Å². The number of benzene rings is 1. The Kier molecular flexibility index (Phi) is 5.16. The van der Waals surface area contributed by atoms with Gasteiger partial charge in [-0.15, -0.1) is 0 Å². The van der Waals surface area contributed by atoms with Gasteiger partial charge in [0.1, 0.15) is 10.7 Å². The van der Waals surface area contributed by atoms with E-state index in [-0.39, 0.29) is 18.0 Å². The third kappa shape index (κ3) is 3.58. The number of nitrogens with zero attached hydrogens (tertiary/aromatic N) is 1. The maximum Gasteiger partial charge on any atom is 0.244 e. The smallest absolute Gasteiger partial charge is 0.244 e. The minimum atomic E-state index is -4.08. The van der Waals surface area contributed by atoms with Crippen LogP contribution in [-0.4, -0.2) is 37.4 Å². The summed E-state index contributed by atoms with van der Waals surface area (Å²) in [7, 11) is -4.08. The van der Waals surface area contributed by atoms with Crippen LogP contribution in [0, 0.1) is 11.7 Å². The number of sulfonamides is 1. The molecule has 3 rings (SSSR count). The summed E-state index contributed by atoms with van der Waals surface area (Å²) in [6.07, 6.45) is 5.39. The van der Waals surface area contributed by atoms with E-state index < -0.39 is 26.8 Å². The van der Waals surface area contributed by atoms with Crippen LogP contribution in [0.1, 0.15) is 46.0 Å². The largest absolute Gasteiger partial charge is 0.335 e. The summed E-state index contributed by atoms with van der Waals surface area (Å²) < 4.78 is 41.0. The average Bonchev–Trinajstić information content (AvgIpc) is 2.89. The van der Waals surface area contributed by atoms with Crippen molar-refractivity contribution in [2.75, 3.05) is 0 Å². The Morgan fingerprint density at radius 3 is 2.68 bits per heavy atom. The van der Waals surface area contributed by atoms with E-state index >= 15 is 0 Å². The van der Waals surface area contributed by atoms with Gasteiger partial charge in [0.15, 0.2) is 0 Å². The second-order valence-corrected chi connectivity index (χ2v) is 8.90. The third-order valence-corrected chi connectivity index (χ3v) is 7.00. The lowest BCUT2D eigenvalue weighted by atomic mass is 9.85. The molecule has 138 valence electrons. The van der Waals surface area contributed by atoms with Crippen molar-refractivity contribution < 1.29 is 17.6 Å². The average molecular weight is 368 g/mol. The molecule has 4 atom stereocenters. The molecule has 1 aliphatic carbocycles. The predicted molar refractivity (Wildman–Crippen MR) is 92.9 cm³/mol. The number of hydrogen-bond acceptors (Lipinski definition) is 3. The van der Waals surface area contributed by atoms with Gasteiger partial charge in [-0.1, -0.05) is 25.0 Å². The van der Waals surface area contributed by atoms with Gasteiger partial charge < -0.3 is 4.90 Å². The molecular weight excluding hydrogens is 343 g/mol. The lowest BCUT2D eigenvalue weighted by Gasteiger charge is -2.35. The van der Waals surface area contributed by atoms with Crippen LogP contribution in [-0.2, 0) is 14.8 Å². The molecule has 25 heavy (non-hydrogen) atoms. The zero-order chi connectivity index (χ0) is 18.2. The fourth-order valence-electron chi connectivity index (χ4n) is 4.32. The van der Waals surface area contributed by atoms with Gasteiger partial charge in [0, 0.05) is 12.1 Å². The Labute approximate surface area is 148 Å². The summed E-state index contributed by atoms with van der Waals surface area (Å²) in [6.45, 7) is 3.55. The second-order valence-electron chi connectivity index (χ2n) is 7.22. The molecule has 0 spiro atoms. The normalized spacial score (nSPS) is 27.8. The molecule has 1 heterocycles. The van der Waals surface area contributed by atoms with Crippen molar-refractivity contribution in [3.63, 3.8) is 0 Å². The van der Waals surface area contributed by atoms with Crippen LogP contribution < -0.4 is 4.72 Å². The summed E-state index contributed by atoms with van der Waals surface area (Å²) in [5, 5.41) is 0. The van der Waals surface area contributed by atoms with Crippen molar-refractivity contribution in [2.45, 2.75) is 69.0 Å². The van der Waals surface area contributed by atoms with Crippen LogP contribution in [0.3, 0.4) is 0 Å². The first kappa shape index (κ1) is 18.3. The molecule has 1 saturated heterocycles. The van der Waals surface area contributed by atoms with E-state index in [1.54, 1.807) is 0 Å². The number of fused-ring (bicyclic) bond motifs is 1. The van der Waals surface area contributed by atoms with Gasteiger partial charge >= 0.3 is 0 Å². The van der Waals surface area contributed by atoms with Crippen molar-refractivity contribution in [3.05, 3.63) is 30.1 Å². The first-order valence-electron chi connectivity index (χ1n) is 8.90. The van der Waals surface area contributed by atoms with Gasteiger partial charge in [0.05, 0.1) is 6.04 Å². The molecule has 1 saturated carbocycles. The molecule has 7 heteroatoms. The van der Waals surface area contributed by atoms with Gasteiger partial charge in [-0.2, -0.15) is 4.72 Å². The Bertz CT molecular complexity index is 752. The minimum Gasteiger partial charge on any atom is -0.335 e. The molecule has 2 aliphatic rings. The van der Waals surface area contributed by atoms with E-state index in [4.69, 9.17) is 0 Å². The topological polar surface area (TPSA) is 66.5 Å². The number of halogens is 1. The molecule has 0 unspecified atom stereocenters. The third-order valence-electron chi connectivity index (χ3n) is 5.43. The second kappa shape index (κ2) is 7.03.